The maximum atomic E-state index is 13.5. The highest BCUT2D eigenvalue weighted by molar-refractivity contribution is 5.97. The number of carboxylic acids is 2. The molecule has 0 saturated carbocycles. The van der Waals surface area contributed by atoms with Gasteiger partial charge >= 0.3 is 11.9 Å². The van der Waals surface area contributed by atoms with Crippen LogP contribution in [-0.4, -0.2) is 111 Å². The van der Waals surface area contributed by atoms with Crippen LogP contribution in [0.25, 0.3) is 0 Å². The summed E-state index contributed by atoms with van der Waals surface area (Å²) in [7, 11) is 0. The van der Waals surface area contributed by atoms with Crippen molar-refractivity contribution in [1.29, 1.82) is 0 Å². The monoisotopic (exact) mass is 582 g/mol. The molecule has 16 nitrogen and oxygen atoms in total. The van der Waals surface area contributed by atoms with E-state index in [2.05, 4.69) is 15.6 Å². The van der Waals surface area contributed by atoms with Gasteiger partial charge in [-0.1, -0.05) is 13.8 Å². The second-order valence-electron chi connectivity index (χ2n) is 10.7. The molecule has 2 rings (SSSR count). The van der Waals surface area contributed by atoms with E-state index >= 15 is 0 Å². The Balaban J connectivity index is 2.13. The maximum absolute atomic E-state index is 13.5. The molecule has 10 N–H and O–H groups in total. The number of likely N-dealkylation sites (tertiary alicyclic amines) is 2. The van der Waals surface area contributed by atoms with Crippen LogP contribution >= 0.6 is 0 Å². The molecule has 16 heteroatoms. The second kappa shape index (κ2) is 15.2. The fraction of sp³-hybridized carbons (Fsp3) is 0.720. The van der Waals surface area contributed by atoms with E-state index < -0.39 is 72.2 Å². The maximum Gasteiger partial charge on any atom is 0.326 e. The first-order valence-electron chi connectivity index (χ1n) is 13.7. The molecule has 41 heavy (non-hydrogen) atoms. The van der Waals surface area contributed by atoms with Crippen LogP contribution in [0.1, 0.15) is 58.8 Å². The Morgan fingerprint density at radius 2 is 1.39 bits per heavy atom. The molecule has 0 aliphatic carbocycles. The third kappa shape index (κ3) is 9.30. The van der Waals surface area contributed by atoms with Crippen LogP contribution in [0.5, 0.6) is 0 Å². The number of rotatable bonds is 14. The Hall–Kier alpha value is -3.95. The third-order valence-electron chi connectivity index (χ3n) is 7.23. The van der Waals surface area contributed by atoms with E-state index in [1.54, 1.807) is 13.8 Å². The lowest BCUT2D eigenvalue weighted by Gasteiger charge is -2.31. The topological polar surface area (TPSA) is 264 Å². The Labute approximate surface area is 238 Å². The average Bonchev–Trinajstić information content (AvgIpc) is 3.58. The zero-order valence-corrected chi connectivity index (χ0v) is 23.5. The van der Waals surface area contributed by atoms with Gasteiger partial charge in [-0.2, -0.15) is 0 Å². The van der Waals surface area contributed by atoms with Gasteiger partial charge in [-0.15, -0.1) is 0 Å². The fourth-order valence-corrected chi connectivity index (χ4v) is 4.95. The minimum atomic E-state index is -1.50. The Morgan fingerprint density at radius 3 is 1.85 bits per heavy atom. The first-order chi connectivity index (χ1) is 19.2. The summed E-state index contributed by atoms with van der Waals surface area (Å²) in [5, 5.41) is 23.9. The standard InChI is InChI=1S/C25H42N8O8/c1-13(2)19(26)23(39)33-11-5-8-17(33)21(37)31-15(12-18(34)35)22(38)32-10-4-7-16(32)20(36)30-14(24(40)41)6-3-9-29-25(27)28/h13-17,19H,3-12,26H2,1-2H3,(H,30,36)(H,31,37)(H,34,35)(H,40,41)(H4,27,28,29). The molecule has 2 fully saturated rings. The van der Waals surface area contributed by atoms with E-state index in [4.69, 9.17) is 17.2 Å². The van der Waals surface area contributed by atoms with Crippen LogP contribution in [0.15, 0.2) is 4.99 Å². The molecule has 0 aromatic carbocycles. The number of hydrogen-bond donors (Lipinski definition) is 7. The molecule has 0 bridgehead atoms. The molecule has 0 aromatic heterocycles. The molecule has 2 aliphatic heterocycles. The van der Waals surface area contributed by atoms with Crippen LogP contribution in [0.3, 0.4) is 0 Å². The van der Waals surface area contributed by atoms with Crippen molar-refractivity contribution < 1.29 is 39.0 Å². The van der Waals surface area contributed by atoms with Gasteiger partial charge in [0, 0.05) is 19.6 Å². The van der Waals surface area contributed by atoms with Crippen molar-refractivity contribution in [3.05, 3.63) is 0 Å². The van der Waals surface area contributed by atoms with Crippen molar-refractivity contribution in [1.82, 2.24) is 20.4 Å². The van der Waals surface area contributed by atoms with Gasteiger partial charge in [-0.05, 0) is 44.4 Å². The van der Waals surface area contributed by atoms with Gasteiger partial charge in [0.1, 0.15) is 24.2 Å². The van der Waals surface area contributed by atoms with Gasteiger partial charge in [-0.25, -0.2) is 4.79 Å². The average molecular weight is 583 g/mol. The van der Waals surface area contributed by atoms with Crippen LogP contribution < -0.4 is 27.8 Å². The van der Waals surface area contributed by atoms with Crippen molar-refractivity contribution >= 4 is 41.5 Å². The van der Waals surface area contributed by atoms with E-state index in [0.717, 1.165) is 4.90 Å². The minimum Gasteiger partial charge on any atom is -0.481 e. The molecule has 2 aliphatic rings. The number of carbonyl (C=O) groups excluding carboxylic acids is 4. The number of nitrogens with zero attached hydrogens (tertiary/aromatic N) is 3. The molecule has 5 atom stereocenters. The first kappa shape index (κ1) is 33.3. The summed E-state index contributed by atoms with van der Waals surface area (Å²) < 4.78 is 0. The minimum absolute atomic E-state index is 0.0350. The summed E-state index contributed by atoms with van der Waals surface area (Å²) in [6.45, 7) is 4.15. The fourth-order valence-electron chi connectivity index (χ4n) is 4.95. The van der Waals surface area contributed by atoms with E-state index in [1.165, 1.54) is 4.90 Å². The summed E-state index contributed by atoms with van der Waals surface area (Å²) in [6.07, 6.45) is 1.07. The SMILES string of the molecule is CC(C)C(N)C(=O)N1CCCC1C(=O)NC(CC(=O)O)C(=O)N1CCCC1C(=O)NC(CCCN=C(N)N)C(=O)O. The summed E-state index contributed by atoms with van der Waals surface area (Å²) >= 11 is 0. The van der Waals surface area contributed by atoms with Gasteiger partial charge in [0.25, 0.3) is 0 Å². The van der Waals surface area contributed by atoms with Crippen LogP contribution in [0.4, 0.5) is 0 Å². The highest BCUT2D eigenvalue weighted by Gasteiger charge is 2.42. The van der Waals surface area contributed by atoms with Gasteiger partial charge < -0.3 is 47.8 Å². The lowest BCUT2D eigenvalue weighted by atomic mass is 10.0. The highest BCUT2D eigenvalue weighted by atomic mass is 16.4. The number of aliphatic carboxylic acids is 2. The van der Waals surface area contributed by atoms with Crippen molar-refractivity contribution in [2.75, 3.05) is 19.6 Å². The Bertz CT molecular complexity index is 1030. The van der Waals surface area contributed by atoms with E-state index in [9.17, 15) is 39.0 Å². The van der Waals surface area contributed by atoms with E-state index in [0.29, 0.717) is 25.8 Å². The van der Waals surface area contributed by atoms with Crippen molar-refractivity contribution in [3.63, 3.8) is 0 Å². The quantitative estimate of drug-likeness (QED) is 0.0641. The number of hydrogen-bond acceptors (Lipinski definition) is 8. The molecule has 5 unspecified atom stereocenters. The molecular formula is C25H42N8O8. The Morgan fingerprint density at radius 1 is 0.878 bits per heavy atom. The summed E-state index contributed by atoms with van der Waals surface area (Å²) in [6, 6.07) is -5.54. The number of carbonyl (C=O) groups is 6. The molecule has 2 heterocycles. The van der Waals surface area contributed by atoms with Gasteiger partial charge in [-0.3, -0.25) is 29.0 Å². The molecule has 4 amide bonds. The van der Waals surface area contributed by atoms with Crippen molar-refractivity contribution in [3.8, 4) is 0 Å². The predicted octanol–water partition coefficient (Wildman–Crippen LogP) is -2.47. The first-order valence-corrected chi connectivity index (χ1v) is 13.7. The normalized spacial score (nSPS) is 20.7. The van der Waals surface area contributed by atoms with Crippen molar-refractivity contribution in [2.45, 2.75) is 89.0 Å². The van der Waals surface area contributed by atoms with Crippen LogP contribution in [-0.2, 0) is 28.8 Å². The molecule has 0 radical (unpaired) electrons. The van der Waals surface area contributed by atoms with E-state index in [-0.39, 0.29) is 44.2 Å². The third-order valence-corrected chi connectivity index (χ3v) is 7.23. The summed E-state index contributed by atoms with van der Waals surface area (Å²) in [5.74, 6) is -5.51. The van der Waals surface area contributed by atoms with Crippen LogP contribution in [0, 0.1) is 5.92 Å². The molecule has 0 spiro atoms. The number of aliphatic imine (C=N–C) groups is 1. The lowest BCUT2D eigenvalue weighted by molar-refractivity contribution is -0.148. The number of nitrogens with one attached hydrogen (secondary N) is 2. The molecule has 2 saturated heterocycles. The Kier molecular flexibility index (Phi) is 12.3. The van der Waals surface area contributed by atoms with Gasteiger partial charge in [0.15, 0.2) is 5.96 Å². The largest absolute Gasteiger partial charge is 0.481 e. The number of amides is 4. The zero-order valence-electron chi connectivity index (χ0n) is 23.5. The van der Waals surface area contributed by atoms with Gasteiger partial charge in [0.2, 0.25) is 23.6 Å². The highest BCUT2D eigenvalue weighted by Crippen LogP contribution is 2.22. The molecule has 230 valence electrons. The smallest absolute Gasteiger partial charge is 0.326 e. The zero-order chi connectivity index (χ0) is 30.9. The molecule has 0 aromatic rings. The number of nitrogens with two attached hydrogens (primary N) is 3. The molecular weight excluding hydrogens is 540 g/mol. The lowest BCUT2D eigenvalue weighted by Crippen LogP contribution is -2.58. The van der Waals surface area contributed by atoms with Gasteiger partial charge in [0.05, 0.1) is 12.5 Å². The summed E-state index contributed by atoms with van der Waals surface area (Å²) in [4.78, 5) is 82.1. The number of guanidine groups is 1. The number of carboxylic acid groups (broad SMARTS) is 2. The summed E-state index contributed by atoms with van der Waals surface area (Å²) in [5.41, 5.74) is 16.5. The van der Waals surface area contributed by atoms with Crippen LogP contribution in [0.2, 0.25) is 0 Å². The second-order valence-corrected chi connectivity index (χ2v) is 10.7. The predicted molar refractivity (Wildman–Crippen MR) is 146 cm³/mol. The van der Waals surface area contributed by atoms with Crippen molar-refractivity contribution in [2.24, 2.45) is 28.1 Å². The van der Waals surface area contributed by atoms with E-state index in [1.807, 2.05) is 0 Å².